The molecule has 2 heterocycles. The van der Waals surface area contributed by atoms with Crippen molar-refractivity contribution in [2.24, 2.45) is 5.92 Å². The number of aromatic carboxylic acids is 1. The Labute approximate surface area is 264 Å². The van der Waals surface area contributed by atoms with Gasteiger partial charge in [-0.2, -0.15) is 4.31 Å². The van der Waals surface area contributed by atoms with Crippen molar-refractivity contribution < 1.29 is 32.3 Å². The third kappa shape index (κ3) is 7.40. The van der Waals surface area contributed by atoms with Gasteiger partial charge in [0.15, 0.2) is 0 Å². The van der Waals surface area contributed by atoms with Gasteiger partial charge in [-0.05, 0) is 82.3 Å². The molecular formula is C35H40N2O7S. The van der Waals surface area contributed by atoms with Crippen LogP contribution in [0.2, 0.25) is 0 Å². The Morgan fingerprint density at radius 3 is 2.33 bits per heavy atom. The standard InChI is InChI=1S/C35H40N2O7S/c1-24-29-22-28(14-15-31(29)43-32(24)33(38)39)45(41,42)37(21-16-25-10-6-5-7-11-25)23-27-12-8-9-13-30(27)36-19-17-26(18-20-36)34(40)44-35(2,3)4/h5-15,22,26H,16-21,23H2,1-4H3,(H,38,39). The molecule has 0 radical (unpaired) electrons. The van der Waals surface area contributed by atoms with Crippen LogP contribution < -0.4 is 4.90 Å². The molecule has 0 bridgehead atoms. The van der Waals surface area contributed by atoms with E-state index in [-0.39, 0.29) is 35.6 Å². The average Bonchev–Trinajstić information content (AvgIpc) is 3.35. The van der Waals surface area contributed by atoms with Gasteiger partial charge in [0.05, 0.1) is 10.8 Å². The molecule has 0 spiro atoms. The summed E-state index contributed by atoms with van der Waals surface area (Å²) in [6.07, 6.45) is 1.82. The first-order chi connectivity index (χ1) is 21.3. The van der Waals surface area contributed by atoms with Crippen LogP contribution in [0.25, 0.3) is 11.0 Å². The zero-order valence-corrected chi connectivity index (χ0v) is 27.0. The highest BCUT2D eigenvalue weighted by Gasteiger charge is 2.31. The van der Waals surface area contributed by atoms with Gasteiger partial charge in [-0.3, -0.25) is 4.79 Å². The molecule has 10 heteroatoms. The lowest BCUT2D eigenvalue weighted by Crippen LogP contribution is -2.39. The minimum absolute atomic E-state index is 0.0690. The van der Waals surface area contributed by atoms with Crippen LogP contribution >= 0.6 is 0 Å². The maximum atomic E-state index is 14.3. The first kappa shape index (κ1) is 32.2. The summed E-state index contributed by atoms with van der Waals surface area (Å²) in [5.74, 6) is -1.75. The van der Waals surface area contributed by atoms with Crippen LogP contribution in [0.5, 0.6) is 0 Å². The number of carboxylic acid groups (broad SMARTS) is 1. The SMILES string of the molecule is Cc1c(C(=O)O)oc2ccc(S(=O)(=O)N(CCc3ccccc3)Cc3ccccc3N3CCC(C(=O)OC(C)(C)C)CC3)cc12. The molecule has 1 aliphatic rings. The maximum absolute atomic E-state index is 14.3. The van der Waals surface area contributed by atoms with E-state index in [1.165, 1.54) is 22.5 Å². The fraction of sp³-hybridized carbons (Fsp3) is 0.371. The number of para-hydroxylation sites is 1. The van der Waals surface area contributed by atoms with Crippen molar-refractivity contribution in [3.63, 3.8) is 0 Å². The summed E-state index contributed by atoms with van der Waals surface area (Å²) in [5.41, 5.74) is 2.98. The Morgan fingerprint density at radius 2 is 1.67 bits per heavy atom. The van der Waals surface area contributed by atoms with Crippen LogP contribution in [0.1, 0.15) is 60.9 Å². The molecule has 1 saturated heterocycles. The number of fused-ring (bicyclic) bond motifs is 1. The van der Waals surface area contributed by atoms with Crippen LogP contribution in [-0.4, -0.2) is 55.0 Å². The number of carbonyl (C=O) groups excluding carboxylic acids is 1. The average molecular weight is 633 g/mol. The predicted molar refractivity (Wildman–Crippen MR) is 173 cm³/mol. The number of aryl methyl sites for hydroxylation is 1. The molecule has 0 unspecified atom stereocenters. The molecule has 0 amide bonds. The number of nitrogens with zero attached hydrogens (tertiary/aromatic N) is 2. The lowest BCUT2D eigenvalue weighted by Gasteiger charge is -2.35. The Kier molecular flexibility index (Phi) is 9.36. The molecule has 0 atom stereocenters. The summed E-state index contributed by atoms with van der Waals surface area (Å²) >= 11 is 0. The Bertz CT molecular complexity index is 1780. The van der Waals surface area contributed by atoms with E-state index < -0.39 is 21.6 Å². The number of piperidine rings is 1. The van der Waals surface area contributed by atoms with E-state index >= 15 is 0 Å². The van der Waals surface area contributed by atoms with E-state index in [4.69, 9.17) is 9.15 Å². The van der Waals surface area contributed by atoms with Crippen LogP contribution in [0.15, 0.2) is 82.1 Å². The number of rotatable bonds is 10. The number of anilines is 1. The third-order valence-corrected chi connectivity index (χ3v) is 9.99. The largest absolute Gasteiger partial charge is 0.475 e. The highest BCUT2D eigenvalue weighted by Crippen LogP contribution is 2.32. The fourth-order valence-electron chi connectivity index (χ4n) is 5.78. The molecule has 238 valence electrons. The van der Waals surface area contributed by atoms with Crippen LogP contribution in [-0.2, 0) is 32.5 Å². The van der Waals surface area contributed by atoms with E-state index in [1.54, 1.807) is 6.92 Å². The summed E-state index contributed by atoms with van der Waals surface area (Å²) in [6, 6.07) is 22.0. The number of carbonyl (C=O) groups is 2. The number of esters is 1. The van der Waals surface area contributed by atoms with Gasteiger partial charge in [0.1, 0.15) is 11.2 Å². The van der Waals surface area contributed by atoms with E-state index in [1.807, 2.05) is 75.4 Å². The van der Waals surface area contributed by atoms with Gasteiger partial charge in [-0.15, -0.1) is 0 Å². The molecule has 1 aromatic heterocycles. The van der Waals surface area contributed by atoms with Gasteiger partial charge in [-0.25, -0.2) is 13.2 Å². The van der Waals surface area contributed by atoms with E-state index in [0.29, 0.717) is 48.9 Å². The van der Waals surface area contributed by atoms with Gasteiger partial charge in [0, 0.05) is 42.8 Å². The summed E-state index contributed by atoms with van der Waals surface area (Å²) in [6.45, 7) is 8.91. The molecule has 4 aromatic rings. The van der Waals surface area contributed by atoms with Crippen molar-refractivity contribution in [1.29, 1.82) is 0 Å². The molecule has 3 aromatic carbocycles. The minimum atomic E-state index is -4.01. The Morgan fingerprint density at radius 1 is 1.00 bits per heavy atom. The highest BCUT2D eigenvalue weighted by atomic mass is 32.2. The van der Waals surface area contributed by atoms with Crippen molar-refractivity contribution in [1.82, 2.24) is 4.31 Å². The molecule has 5 rings (SSSR count). The lowest BCUT2D eigenvalue weighted by atomic mass is 9.95. The van der Waals surface area contributed by atoms with E-state index in [0.717, 1.165) is 16.8 Å². The Hall–Kier alpha value is -4.15. The van der Waals surface area contributed by atoms with Gasteiger partial charge in [-0.1, -0.05) is 48.5 Å². The van der Waals surface area contributed by atoms with Crippen molar-refractivity contribution in [2.75, 3.05) is 24.5 Å². The number of carboxylic acids is 1. The summed E-state index contributed by atoms with van der Waals surface area (Å²) in [5, 5.41) is 9.95. The van der Waals surface area contributed by atoms with Crippen LogP contribution in [0, 0.1) is 12.8 Å². The zero-order chi connectivity index (χ0) is 32.4. The number of sulfonamides is 1. The zero-order valence-electron chi connectivity index (χ0n) is 26.2. The summed E-state index contributed by atoms with van der Waals surface area (Å²) in [4.78, 5) is 26.6. The highest BCUT2D eigenvalue weighted by molar-refractivity contribution is 7.89. The number of ether oxygens (including phenoxy) is 1. The molecule has 1 aliphatic heterocycles. The lowest BCUT2D eigenvalue weighted by molar-refractivity contribution is -0.160. The van der Waals surface area contributed by atoms with Crippen molar-refractivity contribution in [2.45, 2.75) is 64.0 Å². The molecule has 9 nitrogen and oxygen atoms in total. The quantitative estimate of drug-likeness (QED) is 0.199. The number of hydrogen-bond donors (Lipinski definition) is 1. The van der Waals surface area contributed by atoms with Crippen LogP contribution in [0.4, 0.5) is 5.69 Å². The number of furan rings is 1. The summed E-state index contributed by atoms with van der Waals surface area (Å²) < 4.78 is 41.2. The van der Waals surface area contributed by atoms with Gasteiger partial charge in [0.25, 0.3) is 0 Å². The van der Waals surface area contributed by atoms with Gasteiger partial charge < -0.3 is 19.2 Å². The molecular weight excluding hydrogens is 592 g/mol. The first-order valence-electron chi connectivity index (χ1n) is 15.2. The maximum Gasteiger partial charge on any atom is 0.372 e. The molecule has 45 heavy (non-hydrogen) atoms. The second-order valence-corrected chi connectivity index (χ2v) is 14.5. The van der Waals surface area contributed by atoms with Gasteiger partial charge in [0.2, 0.25) is 15.8 Å². The molecule has 1 N–H and O–H groups in total. The first-order valence-corrected chi connectivity index (χ1v) is 16.6. The summed E-state index contributed by atoms with van der Waals surface area (Å²) in [7, 11) is -4.01. The Balaban J connectivity index is 1.43. The van der Waals surface area contributed by atoms with Crippen LogP contribution in [0.3, 0.4) is 0 Å². The monoisotopic (exact) mass is 632 g/mol. The van der Waals surface area contributed by atoms with E-state index in [9.17, 15) is 23.1 Å². The second-order valence-electron chi connectivity index (χ2n) is 12.5. The second kappa shape index (κ2) is 13.1. The number of benzene rings is 3. The minimum Gasteiger partial charge on any atom is -0.475 e. The van der Waals surface area contributed by atoms with Crippen molar-refractivity contribution in [3.8, 4) is 0 Å². The van der Waals surface area contributed by atoms with Crippen molar-refractivity contribution >= 4 is 38.6 Å². The normalized spacial score (nSPS) is 14.6. The smallest absolute Gasteiger partial charge is 0.372 e. The topological polar surface area (TPSA) is 117 Å². The number of hydrogen-bond acceptors (Lipinski definition) is 7. The van der Waals surface area contributed by atoms with Gasteiger partial charge >= 0.3 is 11.9 Å². The van der Waals surface area contributed by atoms with Crippen molar-refractivity contribution in [3.05, 3.63) is 95.2 Å². The molecule has 1 fully saturated rings. The fourth-order valence-corrected chi connectivity index (χ4v) is 7.23. The third-order valence-electron chi connectivity index (χ3n) is 8.15. The molecule has 0 aliphatic carbocycles. The molecule has 0 saturated carbocycles. The van der Waals surface area contributed by atoms with E-state index in [2.05, 4.69) is 4.90 Å². The predicted octanol–water partition coefficient (Wildman–Crippen LogP) is 6.43.